The van der Waals surface area contributed by atoms with Gasteiger partial charge in [-0.15, -0.1) is 0 Å². The Bertz CT molecular complexity index is 376. The zero-order valence-electron chi connectivity index (χ0n) is 12.7. The molecule has 19 heavy (non-hydrogen) atoms. The molecule has 3 nitrogen and oxygen atoms in total. The van der Waals surface area contributed by atoms with E-state index in [9.17, 15) is 0 Å². The molecule has 1 aliphatic rings. The molecular weight excluding hydrogens is 236 g/mol. The smallest absolute Gasteiger partial charge is 0.122 e. The van der Waals surface area contributed by atoms with Crippen LogP contribution in [0.2, 0.25) is 0 Å². The van der Waals surface area contributed by atoms with E-state index in [4.69, 9.17) is 10.2 Å². The van der Waals surface area contributed by atoms with Crippen molar-refractivity contribution in [1.82, 2.24) is 4.90 Å². The number of hydrogen-bond acceptors (Lipinski definition) is 3. The molecule has 0 aromatic carbocycles. The number of likely N-dealkylation sites (tertiary alicyclic amines) is 1. The summed E-state index contributed by atoms with van der Waals surface area (Å²) in [5, 5.41) is 0. The molecule has 2 N–H and O–H groups in total. The Morgan fingerprint density at radius 3 is 2.74 bits per heavy atom. The van der Waals surface area contributed by atoms with Crippen LogP contribution in [-0.4, -0.2) is 23.5 Å². The van der Waals surface area contributed by atoms with E-state index in [-0.39, 0.29) is 12.1 Å². The minimum atomic E-state index is 0.131. The highest BCUT2D eigenvalue weighted by Crippen LogP contribution is 2.35. The molecule has 1 aromatic rings. The fourth-order valence-electron chi connectivity index (χ4n) is 3.43. The van der Waals surface area contributed by atoms with Gasteiger partial charge in [-0.2, -0.15) is 0 Å². The van der Waals surface area contributed by atoms with E-state index in [2.05, 4.69) is 38.7 Å². The monoisotopic (exact) mass is 264 g/mol. The fraction of sp³-hybridized carbons (Fsp3) is 0.750. The first-order valence-corrected chi connectivity index (χ1v) is 7.59. The molecule has 0 radical (unpaired) electrons. The number of rotatable bonds is 4. The van der Waals surface area contributed by atoms with Crippen molar-refractivity contribution in [3.8, 4) is 0 Å². The quantitative estimate of drug-likeness (QED) is 0.906. The fourth-order valence-corrected chi connectivity index (χ4v) is 3.43. The Morgan fingerprint density at radius 1 is 1.42 bits per heavy atom. The lowest BCUT2D eigenvalue weighted by atomic mass is 9.83. The molecule has 1 saturated heterocycles. The molecule has 0 amide bonds. The lowest BCUT2D eigenvalue weighted by Crippen LogP contribution is -2.51. The van der Waals surface area contributed by atoms with Crippen LogP contribution in [0.1, 0.15) is 52.3 Å². The molecular formula is C16H28N2O. The van der Waals surface area contributed by atoms with Gasteiger partial charge in [-0.3, -0.25) is 4.90 Å². The average molecular weight is 264 g/mol. The number of hydrogen-bond donors (Lipinski definition) is 1. The normalized spacial score (nSPS) is 32.2. The van der Waals surface area contributed by atoms with Crippen LogP contribution in [-0.2, 0) is 0 Å². The van der Waals surface area contributed by atoms with Crippen molar-refractivity contribution in [2.45, 2.75) is 58.7 Å². The second kappa shape index (κ2) is 6.10. The van der Waals surface area contributed by atoms with Crippen molar-refractivity contribution in [2.75, 3.05) is 6.54 Å². The zero-order chi connectivity index (χ0) is 14.0. The third-order valence-electron chi connectivity index (χ3n) is 4.71. The van der Waals surface area contributed by atoms with Gasteiger partial charge in [0.15, 0.2) is 0 Å². The molecule has 2 rings (SSSR count). The van der Waals surface area contributed by atoms with E-state index < -0.39 is 0 Å². The van der Waals surface area contributed by atoms with E-state index in [1.807, 2.05) is 6.07 Å². The summed E-state index contributed by atoms with van der Waals surface area (Å²) in [4.78, 5) is 2.56. The van der Waals surface area contributed by atoms with E-state index in [0.29, 0.717) is 12.0 Å². The maximum absolute atomic E-state index is 6.39. The van der Waals surface area contributed by atoms with Crippen molar-refractivity contribution in [3.63, 3.8) is 0 Å². The molecule has 3 heteroatoms. The first-order valence-electron chi connectivity index (χ1n) is 7.59. The van der Waals surface area contributed by atoms with Crippen molar-refractivity contribution < 1.29 is 4.42 Å². The molecule has 5 unspecified atom stereocenters. The summed E-state index contributed by atoms with van der Waals surface area (Å²) < 4.78 is 5.67. The number of nitrogens with zero attached hydrogens (tertiary/aromatic N) is 1. The lowest BCUT2D eigenvalue weighted by molar-refractivity contribution is 0.0203. The van der Waals surface area contributed by atoms with Crippen LogP contribution in [0.5, 0.6) is 0 Å². The zero-order valence-corrected chi connectivity index (χ0v) is 12.7. The molecule has 1 aromatic heterocycles. The van der Waals surface area contributed by atoms with Gasteiger partial charge >= 0.3 is 0 Å². The highest BCUT2D eigenvalue weighted by atomic mass is 16.3. The SMILES string of the molecule is CCC(N)C(c1ccco1)N1CC(C)CC(C)C1C. The van der Waals surface area contributed by atoms with Gasteiger partial charge in [0.2, 0.25) is 0 Å². The van der Waals surface area contributed by atoms with Gasteiger partial charge in [0.1, 0.15) is 5.76 Å². The minimum absolute atomic E-state index is 0.131. The third kappa shape index (κ3) is 3.03. The largest absolute Gasteiger partial charge is 0.468 e. The highest BCUT2D eigenvalue weighted by Gasteiger charge is 2.37. The minimum Gasteiger partial charge on any atom is -0.468 e. The van der Waals surface area contributed by atoms with Crippen LogP contribution in [0.3, 0.4) is 0 Å². The summed E-state index contributed by atoms with van der Waals surface area (Å²) in [5.41, 5.74) is 6.39. The molecule has 1 fully saturated rings. The summed E-state index contributed by atoms with van der Waals surface area (Å²) >= 11 is 0. The predicted octanol–water partition coefficient (Wildman–Crippen LogP) is 3.42. The predicted molar refractivity (Wildman–Crippen MR) is 78.8 cm³/mol. The first-order chi connectivity index (χ1) is 9.04. The summed E-state index contributed by atoms with van der Waals surface area (Å²) in [5.74, 6) is 2.46. The van der Waals surface area contributed by atoms with E-state index in [1.54, 1.807) is 6.26 Å². The van der Waals surface area contributed by atoms with Crippen LogP contribution < -0.4 is 5.73 Å². The molecule has 0 bridgehead atoms. The van der Waals surface area contributed by atoms with Crippen molar-refractivity contribution in [3.05, 3.63) is 24.2 Å². The summed E-state index contributed by atoms with van der Waals surface area (Å²) in [6.07, 6.45) is 4.04. The Kier molecular flexibility index (Phi) is 4.69. The molecule has 0 saturated carbocycles. The molecule has 1 aliphatic heterocycles. The van der Waals surface area contributed by atoms with E-state index in [1.165, 1.54) is 6.42 Å². The van der Waals surface area contributed by atoms with Crippen molar-refractivity contribution >= 4 is 0 Å². The highest BCUT2D eigenvalue weighted by molar-refractivity contribution is 5.09. The van der Waals surface area contributed by atoms with Gasteiger partial charge in [-0.05, 0) is 43.7 Å². The maximum atomic E-state index is 6.39. The standard InChI is InChI=1S/C16H28N2O/c1-5-14(17)16(15-7-6-8-19-15)18-10-11(2)9-12(3)13(18)4/h6-8,11-14,16H,5,9-10,17H2,1-4H3. The van der Waals surface area contributed by atoms with E-state index >= 15 is 0 Å². The molecule has 0 spiro atoms. The van der Waals surface area contributed by atoms with Gasteiger partial charge in [0.05, 0.1) is 12.3 Å². The van der Waals surface area contributed by atoms with Crippen LogP contribution in [0.25, 0.3) is 0 Å². The second-order valence-corrected chi connectivity index (χ2v) is 6.29. The number of nitrogens with two attached hydrogens (primary N) is 1. The van der Waals surface area contributed by atoms with Gasteiger partial charge in [-0.1, -0.05) is 20.8 Å². The van der Waals surface area contributed by atoms with Gasteiger partial charge in [0.25, 0.3) is 0 Å². The Hall–Kier alpha value is -0.800. The van der Waals surface area contributed by atoms with Gasteiger partial charge in [-0.25, -0.2) is 0 Å². The van der Waals surface area contributed by atoms with Crippen LogP contribution >= 0.6 is 0 Å². The number of piperidine rings is 1. The van der Waals surface area contributed by atoms with Gasteiger partial charge < -0.3 is 10.2 Å². The molecule has 108 valence electrons. The number of furan rings is 1. The summed E-state index contributed by atoms with van der Waals surface area (Å²) in [6.45, 7) is 10.3. The topological polar surface area (TPSA) is 42.4 Å². The van der Waals surface area contributed by atoms with Crippen LogP contribution in [0, 0.1) is 11.8 Å². The third-order valence-corrected chi connectivity index (χ3v) is 4.71. The average Bonchev–Trinajstić information content (AvgIpc) is 2.88. The summed E-state index contributed by atoms with van der Waals surface area (Å²) in [7, 11) is 0. The second-order valence-electron chi connectivity index (χ2n) is 6.29. The van der Waals surface area contributed by atoms with Gasteiger partial charge in [0, 0.05) is 18.6 Å². The van der Waals surface area contributed by atoms with Crippen molar-refractivity contribution in [1.29, 1.82) is 0 Å². The van der Waals surface area contributed by atoms with Crippen LogP contribution in [0.4, 0.5) is 0 Å². The van der Waals surface area contributed by atoms with Crippen LogP contribution in [0.15, 0.2) is 22.8 Å². The molecule has 5 atom stereocenters. The lowest BCUT2D eigenvalue weighted by Gasteiger charge is -2.46. The first kappa shape index (κ1) is 14.6. The maximum Gasteiger partial charge on any atom is 0.122 e. The van der Waals surface area contributed by atoms with Crippen molar-refractivity contribution in [2.24, 2.45) is 17.6 Å². The Balaban J connectivity index is 2.27. The molecule has 0 aliphatic carbocycles. The van der Waals surface area contributed by atoms with E-state index in [0.717, 1.165) is 24.6 Å². The Labute approximate surface area is 117 Å². The molecule has 2 heterocycles. The summed E-state index contributed by atoms with van der Waals surface area (Å²) in [6, 6.07) is 4.93. The Morgan fingerprint density at radius 2 is 2.16 bits per heavy atom.